The first-order valence-electron chi connectivity index (χ1n) is 6.39. The van der Waals surface area contributed by atoms with Gasteiger partial charge < -0.3 is 5.32 Å². The Kier molecular flexibility index (Phi) is 3.70. The van der Waals surface area contributed by atoms with Crippen LogP contribution in [0.1, 0.15) is 5.56 Å². The van der Waals surface area contributed by atoms with Crippen LogP contribution in [0.3, 0.4) is 0 Å². The molecule has 0 atom stereocenters. The highest BCUT2D eigenvalue weighted by molar-refractivity contribution is 9.10. The van der Waals surface area contributed by atoms with Crippen molar-refractivity contribution in [2.24, 2.45) is 0 Å². The minimum Gasteiger partial charge on any atom is -0.381 e. The number of halogens is 2. The van der Waals surface area contributed by atoms with E-state index in [1.165, 1.54) is 22.4 Å². The molecule has 0 saturated heterocycles. The van der Waals surface area contributed by atoms with E-state index >= 15 is 0 Å². The van der Waals surface area contributed by atoms with Crippen LogP contribution in [0.4, 0.5) is 10.1 Å². The zero-order valence-corrected chi connectivity index (χ0v) is 12.3. The van der Waals surface area contributed by atoms with Gasteiger partial charge in [0.2, 0.25) is 0 Å². The molecule has 3 rings (SSSR count). The molecule has 1 nitrogen and oxygen atoms in total. The maximum Gasteiger partial charge on any atom is 0.139 e. The summed E-state index contributed by atoms with van der Waals surface area (Å²) < 4.78 is 13.9. The predicted octanol–water partition coefficient (Wildman–Crippen LogP) is 5.35. The highest BCUT2D eigenvalue weighted by Gasteiger charge is 2.01. The van der Waals surface area contributed by atoms with Crippen molar-refractivity contribution in [2.75, 3.05) is 5.32 Å². The van der Waals surface area contributed by atoms with E-state index in [9.17, 15) is 4.39 Å². The number of nitrogens with one attached hydrogen (secondary N) is 1. The fraction of sp³-hybridized carbons (Fsp3) is 0.0588. The number of fused-ring (bicyclic) bond motifs is 1. The van der Waals surface area contributed by atoms with Crippen LogP contribution < -0.4 is 5.32 Å². The third kappa shape index (κ3) is 2.83. The molecule has 3 aromatic carbocycles. The van der Waals surface area contributed by atoms with Gasteiger partial charge in [-0.3, -0.25) is 0 Å². The molecule has 0 aromatic heterocycles. The van der Waals surface area contributed by atoms with Crippen LogP contribution in [0.15, 0.2) is 65.1 Å². The fourth-order valence-corrected chi connectivity index (χ4v) is 2.41. The van der Waals surface area contributed by atoms with Gasteiger partial charge in [0, 0.05) is 12.2 Å². The molecule has 3 aromatic rings. The minimum atomic E-state index is -0.256. The smallest absolute Gasteiger partial charge is 0.139 e. The Bertz CT molecular complexity index is 755. The van der Waals surface area contributed by atoms with Gasteiger partial charge in [-0.1, -0.05) is 36.4 Å². The first kappa shape index (κ1) is 13.1. The summed E-state index contributed by atoms with van der Waals surface area (Å²) in [5.74, 6) is -0.256. The van der Waals surface area contributed by atoms with E-state index in [2.05, 4.69) is 51.6 Å². The number of rotatable bonds is 3. The van der Waals surface area contributed by atoms with Gasteiger partial charge in [0.25, 0.3) is 0 Å². The molecule has 0 aliphatic rings. The molecule has 0 bridgehead atoms. The lowest BCUT2D eigenvalue weighted by Crippen LogP contribution is -1.99. The molecule has 0 aliphatic heterocycles. The summed E-state index contributed by atoms with van der Waals surface area (Å²) in [5.41, 5.74) is 1.95. The maximum atomic E-state index is 13.4. The molecule has 0 amide bonds. The molecular weight excluding hydrogens is 317 g/mol. The number of benzene rings is 3. The van der Waals surface area contributed by atoms with Crippen molar-refractivity contribution < 1.29 is 4.39 Å². The van der Waals surface area contributed by atoms with Gasteiger partial charge in [-0.05, 0) is 56.5 Å². The molecule has 0 unspecified atom stereocenters. The molecule has 0 spiro atoms. The molecular formula is C17H13BrFN. The monoisotopic (exact) mass is 329 g/mol. The van der Waals surface area contributed by atoms with Crippen molar-refractivity contribution in [3.63, 3.8) is 0 Å². The molecule has 0 aliphatic carbocycles. The quantitative estimate of drug-likeness (QED) is 0.682. The third-order valence-electron chi connectivity index (χ3n) is 3.23. The fourth-order valence-electron chi connectivity index (χ4n) is 2.16. The van der Waals surface area contributed by atoms with Gasteiger partial charge in [-0.15, -0.1) is 0 Å². The summed E-state index contributed by atoms with van der Waals surface area (Å²) in [5, 5.41) is 5.68. The standard InChI is InChI=1S/C17H13BrFN/c18-16-8-7-15(10-17(16)19)20-11-12-5-6-13-3-1-2-4-14(13)9-12/h1-10,20H,11H2. The van der Waals surface area contributed by atoms with Gasteiger partial charge in [-0.25, -0.2) is 4.39 Å². The zero-order valence-electron chi connectivity index (χ0n) is 10.7. The maximum absolute atomic E-state index is 13.4. The van der Waals surface area contributed by atoms with Gasteiger partial charge in [0.1, 0.15) is 5.82 Å². The second-order valence-electron chi connectivity index (χ2n) is 4.66. The second kappa shape index (κ2) is 5.63. The van der Waals surface area contributed by atoms with Crippen LogP contribution in [-0.2, 0) is 6.54 Å². The SMILES string of the molecule is Fc1cc(NCc2ccc3ccccc3c2)ccc1Br. The van der Waals surface area contributed by atoms with Gasteiger partial charge in [-0.2, -0.15) is 0 Å². The van der Waals surface area contributed by atoms with E-state index in [1.54, 1.807) is 6.07 Å². The van der Waals surface area contributed by atoms with Gasteiger partial charge in [0.15, 0.2) is 0 Å². The number of hydrogen-bond acceptors (Lipinski definition) is 1. The molecule has 0 heterocycles. The lowest BCUT2D eigenvalue weighted by Gasteiger charge is -2.08. The topological polar surface area (TPSA) is 12.0 Å². The summed E-state index contributed by atoms with van der Waals surface area (Å²) in [6, 6.07) is 19.7. The van der Waals surface area contributed by atoms with Crippen LogP contribution in [0.5, 0.6) is 0 Å². The van der Waals surface area contributed by atoms with Gasteiger partial charge >= 0.3 is 0 Å². The Morgan fingerprint density at radius 3 is 2.50 bits per heavy atom. The molecule has 20 heavy (non-hydrogen) atoms. The van der Waals surface area contributed by atoms with Crippen molar-refractivity contribution >= 4 is 32.4 Å². The molecule has 1 N–H and O–H groups in total. The van der Waals surface area contributed by atoms with Crippen LogP contribution >= 0.6 is 15.9 Å². The largest absolute Gasteiger partial charge is 0.381 e. The Balaban J connectivity index is 1.77. The Morgan fingerprint density at radius 1 is 0.900 bits per heavy atom. The van der Waals surface area contributed by atoms with Crippen LogP contribution in [0, 0.1) is 5.82 Å². The van der Waals surface area contributed by atoms with Crippen molar-refractivity contribution in [2.45, 2.75) is 6.54 Å². The first-order valence-corrected chi connectivity index (χ1v) is 7.18. The summed E-state index contributed by atoms with van der Waals surface area (Å²) in [4.78, 5) is 0. The van der Waals surface area contributed by atoms with E-state index in [0.29, 0.717) is 11.0 Å². The normalized spacial score (nSPS) is 10.7. The summed E-state index contributed by atoms with van der Waals surface area (Å²) >= 11 is 3.15. The zero-order chi connectivity index (χ0) is 13.9. The number of anilines is 1. The van der Waals surface area contributed by atoms with Crippen LogP contribution in [-0.4, -0.2) is 0 Å². The highest BCUT2D eigenvalue weighted by Crippen LogP contribution is 2.21. The lowest BCUT2D eigenvalue weighted by atomic mass is 10.1. The third-order valence-corrected chi connectivity index (χ3v) is 3.87. The van der Waals surface area contributed by atoms with Crippen LogP contribution in [0.2, 0.25) is 0 Å². The highest BCUT2D eigenvalue weighted by atomic mass is 79.9. The number of hydrogen-bond donors (Lipinski definition) is 1. The van der Waals surface area contributed by atoms with Crippen molar-refractivity contribution in [1.29, 1.82) is 0 Å². The first-order chi connectivity index (χ1) is 9.72. The minimum absolute atomic E-state index is 0.256. The molecule has 3 heteroatoms. The second-order valence-corrected chi connectivity index (χ2v) is 5.52. The van der Waals surface area contributed by atoms with E-state index in [1.807, 2.05) is 18.2 Å². The van der Waals surface area contributed by atoms with Crippen molar-refractivity contribution in [3.05, 3.63) is 76.5 Å². The lowest BCUT2D eigenvalue weighted by molar-refractivity contribution is 0.621. The summed E-state index contributed by atoms with van der Waals surface area (Å²) in [7, 11) is 0. The Labute approximate surface area is 125 Å². The Morgan fingerprint density at radius 2 is 1.70 bits per heavy atom. The van der Waals surface area contributed by atoms with E-state index in [0.717, 1.165) is 5.69 Å². The predicted molar refractivity (Wildman–Crippen MR) is 85.4 cm³/mol. The Hall–Kier alpha value is -1.87. The molecule has 0 saturated carbocycles. The summed E-state index contributed by atoms with van der Waals surface area (Å²) in [6.07, 6.45) is 0. The summed E-state index contributed by atoms with van der Waals surface area (Å²) in [6.45, 7) is 0.673. The molecule has 0 fully saturated rings. The van der Waals surface area contributed by atoms with Gasteiger partial charge in [0.05, 0.1) is 4.47 Å². The van der Waals surface area contributed by atoms with E-state index in [4.69, 9.17) is 0 Å². The van der Waals surface area contributed by atoms with Crippen molar-refractivity contribution in [3.8, 4) is 0 Å². The van der Waals surface area contributed by atoms with Crippen LogP contribution in [0.25, 0.3) is 10.8 Å². The molecule has 100 valence electrons. The molecule has 0 radical (unpaired) electrons. The van der Waals surface area contributed by atoms with E-state index < -0.39 is 0 Å². The average Bonchev–Trinajstić information content (AvgIpc) is 2.48. The van der Waals surface area contributed by atoms with Crippen molar-refractivity contribution in [1.82, 2.24) is 0 Å². The average molecular weight is 330 g/mol. The van der Waals surface area contributed by atoms with E-state index in [-0.39, 0.29) is 5.82 Å².